The van der Waals surface area contributed by atoms with E-state index in [1.807, 2.05) is 18.4 Å². The molecule has 0 saturated carbocycles. The highest BCUT2D eigenvalue weighted by Gasteiger charge is 2.32. The Hall–Kier alpha value is -0.380. The Kier molecular flexibility index (Phi) is 2.91. The first-order valence-corrected chi connectivity index (χ1v) is 5.92. The lowest BCUT2D eigenvalue weighted by Gasteiger charge is -2.20. The van der Waals surface area contributed by atoms with Crippen LogP contribution >= 0.6 is 11.3 Å². The number of thiophene rings is 1. The summed E-state index contributed by atoms with van der Waals surface area (Å²) >= 11 is 1.69. The quantitative estimate of drug-likeness (QED) is 0.816. The van der Waals surface area contributed by atoms with Gasteiger partial charge in [0.2, 0.25) is 0 Å². The molecule has 0 spiro atoms. The van der Waals surface area contributed by atoms with Crippen molar-refractivity contribution in [3.8, 4) is 0 Å². The van der Waals surface area contributed by atoms with Gasteiger partial charge in [0, 0.05) is 17.4 Å². The fraction of sp³-hybridized carbons (Fsp3) is 0.636. The predicted molar refractivity (Wildman–Crippen MR) is 57.5 cm³/mol. The van der Waals surface area contributed by atoms with Gasteiger partial charge >= 0.3 is 0 Å². The van der Waals surface area contributed by atoms with Crippen LogP contribution in [0.25, 0.3) is 0 Å². The molecule has 1 saturated heterocycles. The van der Waals surface area contributed by atoms with Crippen molar-refractivity contribution in [1.82, 2.24) is 0 Å². The molecule has 2 nitrogen and oxygen atoms in total. The van der Waals surface area contributed by atoms with Gasteiger partial charge in [0.05, 0.1) is 12.2 Å². The Bertz CT molecular complexity index is 308. The molecule has 78 valence electrons. The van der Waals surface area contributed by atoms with E-state index in [0.29, 0.717) is 0 Å². The van der Waals surface area contributed by atoms with Gasteiger partial charge in [0.15, 0.2) is 0 Å². The van der Waals surface area contributed by atoms with E-state index in [4.69, 9.17) is 4.74 Å². The van der Waals surface area contributed by atoms with Crippen LogP contribution in [0.4, 0.5) is 0 Å². The molecular weight excluding hydrogens is 196 g/mol. The van der Waals surface area contributed by atoms with E-state index in [0.717, 1.165) is 18.6 Å². The summed E-state index contributed by atoms with van der Waals surface area (Å²) < 4.78 is 5.47. The van der Waals surface area contributed by atoms with Crippen molar-refractivity contribution in [3.63, 3.8) is 0 Å². The number of aryl methyl sites for hydroxylation is 1. The lowest BCUT2D eigenvalue weighted by molar-refractivity contribution is 0.0431. The molecule has 3 heteroatoms. The molecule has 3 atom stereocenters. The molecule has 0 bridgehead atoms. The van der Waals surface area contributed by atoms with Gasteiger partial charge in [0.1, 0.15) is 0 Å². The van der Waals surface area contributed by atoms with Gasteiger partial charge in [-0.1, -0.05) is 0 Å². The van der Waals surface area contributed by atoms with Crippen molar-refractivity contribution in [2.24, 2.45) is 5.92 Å². The second-order valence-corrected chi connectivity index (χ2v) is 5.03. The van der Waals surface area contributed by atoms with E-state index in [2.05, 4.69) is 6.92 Å². The molecule has 1 aliphatic rings. The Morgan fingerprint density at radius 2 is 2.43 bits per heavy atom. The van der Waals surface area contributed by atoms with E-state index in [-0.39, 0.29) is 18.1 Å². The number of hydrogen-bond acceptors (Lipinski definition) is 3. The van der Waals surface area contributed by atoms with Crippen LogP contribution in [0.2, 0.25) is 0 Å². The summed E-state index contributed by atoms with van der Waals surface area (Å²) in [6.45, 7) is 4.89. The highest BCUT2D eigenvalue weighted by Crippen LogP contribution is 2.35. The monoisotopic (exact) mass is 212 g/mol. The van der Waals surface area contributed by atoms with Crippen molar-refractivity contribution in [2.75, 3.05) is 6.61 Å². The zero-order valence-corrected chi connectivity index (χ0v) is 9.38. The lowest BCUT2D eigenvalue weighted by atomic mass is 9.91. The predicted octanol–water partition coefficient (Wildman–Crippen LogP) is 2.51. The first-order valence-electron chi connectivity index (χ1n) is 5.04. The summed E-state index contributed by atoms with van der Waals surface area (Å²) in [4.78, 5) is 1.22. The SMILES string of the molecule is Cc1sccc1C(O)C1CCOC1C. The summed E-state index contributed by atoms with van der Waals surface area (Å²) in [5.74, 6) is 0.267. The molecule has 1 N–H and O–H groups in total. The molecule has 2 rings (SSSR count). The molecular formula is C11H16O2S. The molecule has 0 aliphatic carbocycles. The number of aliphatic hydroxyl groups excluding tert-OH is 1. The van der Waals surface area contributed by atoms with Crippen LogP contribution in [-0.4, -0.2) is 17.8 Å². The molecule has 1 aromatic heterocycles. The summed E-state index contributed by atoms with van der Waals surface area (Å²) in [5, 5.41) is 12.2. The highest BCUT2D eigenvalue weighted by molar-refractivity contribution is 7.10. The average Bonchev–Trinajstić information content (AvgIpc) is 2.73. The van der Waals surface area contributed by atoms with Crippen molar-refractivity contribution in [1.29, 1.82) is 0 Å². The Morgan fingerprint density at radius 3 is 2.93 bits per heavy atom. The fourth-order valence-corrected chi connectivity index (χ4v) is 2.84. The van der Waals surface area contributed by atoms with Crippen LogP contribution < -0.4 is 0 Å². The number of hydrogen-bond donors (Lipinski definition) is 1. The van der Waals surface area contributed by atoms with Gasteiger partial charge in [-0.25, -0.2) is 0 Å². The van der Waals surface area contributed by atoms with Crippen LogP contribution in [-0.2, 0) is 4.74 Å². The molecule has 1 aliphatic heterocycles. The van der Waals surface area contributed by atoms with Gasteiger partial charge < -0.3 is 9.84 Å². The van der Waals surface area contributed by atoms with E-state index >= 15 is 0 Å². The molecule has 0 amide bonds. The third-order valence-corrected chi connectivity index (χ3v) is 3.92. The smallest absolute Gasteiger partial charge is 0.0854 e. The van der Waals surface area contributed by atoms with E-state index in [9.17, 15) is 5.11 Å². The molecule has 14 heavy (non-hydrogen) atoms. The van der Waals surface area contributed by atoms with Crippen molar-refractivity contribution < 1.29 is 9.84 Å². The Balaban J connectivity index is 2.15. The second kappa shape index (κ2) is 4.01. The summed E-state index contributed by atoms with van der Waals surface area (Å²) in [6.07, 6.45) is 0.806. The third kappa shape index (κ3) is 1.72. The molecule has 2 heterocycles. The first kappa shape index (κ1) is 10.1. The maximum Gasteiger partial charge on any atom is 0.0854 e. The maximum absolute atomic E-state index is 10.2. The Labute approximate surface area is 88.5 Å². The number of ether oxygens (including phenoxy) is 1. The van der Waals surface area contributed by atoms with E-state index in [1.165, 1.54) is 4.88 Å². The minimum atomic E-state index is -0.348. The van der Waals surface area contributed by atoms with Crippen molar-refractivity contribution >= 4 is 11.3 Å². The number of aliphatic hydroxyl groups is 1. The lowest BCUT2D eigenvalue weighted by Crippen LogP contribution is -2.19. The van der Waals surface area contributed by atoms with Crippen LogP contribution in [0.5, 0.6) is 0 Å². The van der Waals surface area contributed by atoms with Gasteiger partial charge in [-0.05, 0) is 37.3 Å². The summed E-state index contributed by atoms with van der Waals surface area (Å²) in [7, 11) is 0. The molecule has 0 radical (unpaired) electrons. The first-order chi connectivity index (χ1) is 6.70. The third-order valence-electron chi connectivity index (χ3n) is 3.06. The Morgan fingerprint density at radius 1 is 1.64 bits per heavy atom. The largest absolute Gasteiger partial charge is 0.388 e. The normalized spacial score (nSPS) is 29.4. The molecule has 0 aromatic carbocycles. The minimum Gasteiger partial charge on any atom is -0.388 e. The zero-order valence-electron chi connectivity index (χ0n) is 8.56. The zero-order chi connectivity index (χ0) is 10.1. The van der Waals surface area contributed by atoms with E-state index < -0.39 is 0 Å². The molecule has 3 unspecified atom stereocenters. The van der Waals surface area contributed by atoms with Gasteiger partial charge in [-0.2, -0.15) is 0 Å². The topological polar surface area (TPSA) is 29.5 Å². The minimum absolute atomic E-state index is 0.185. The van der Waals surface area contributed by atoms with Gasteiger partial charge in [0.25, 0.3) is 0 Å². The molecule has 1 fully saturated rings. The van der Waals surface area contributed by atoms with Crippen LogP contribution in [0, 0.1) is 12.8 Å². The summed E-state index contributed by atoms with van der Waals surface area (Å²) in [5.41, 5.74) is 1.08. The fourth-order valence-electron chi connectivity index (χ4n) is 2.10. The summed E-state index contributed by atoms with van der Waals surface area (Å²) in [6, 6.07) is 2.02. The van der Waals surface area contributed by atoms with Crippen LogP contribution in [0.1, 0.15) is 29.9 Å². The van der Waals surface area contributed by atoms with Gasteiger partial charge in [-0.3, -0.25) is 0 Å². The standard InChI is InChI=1S/C11H16O2S/c1-7-9(3-5-13-7)11(12)10-4-6-14-8(10)2/h4,6-7,9,11-12H,3,5H2,1-2H3. The van der Waals surface area contributed by atoms with Crippen molar-refractivity contribution in [2.45, 2.75) is 32.5 Å². The maximum atomic E-state index is 10.2. The van der Waals surface area contributed by atoms with Crippen molar-refractivity contribution in [3.05, 3.63) is 21.9 Å². The van der Waals surface area contributed by atoms with Crippen LogP contribution in [0.3, 0.4) is 0 Å². The van der Waals surface area contributed by atoms with E-state index in [1.54, 1.807) is 11.3 Å². The molecule has 1 aromatic rings. The number of rotatable bonds is 2. The highest BCUT2D eigenvalue weighted by atomic mass is 32.1. The van der Waals surface area contributed by atoms with Gasteiger partial charge in [-0.15, -0.1) is 11.3 Å². The second-order valence-electron chi connectivity index (χ2n) is 3.91. The van der Waals surface area contributed by atoms with Crippen LogP contribution in [0.15, 0.2) is 11.4 Å². The average molecular weight is 212 g/mol.